The van der Waals surface area contributed by atoms with E-state index < -0.39 is 18.1 Å². The molecule has 0 rings (SSSR count). The minimum atomic E-state index is -0.989. The van der Waals surface area contributed by atoms with E-state index >= 15 is 0 Å². The quantitative estimate of drug-likeness (QED) is 0.288. The molecule has 0 radical (unpaired) electrons. The third kappa shape index (κ3) is 13.3. The smallest absolute Gasteiger partial charge is 0.325 e. The Kier molecular flexibility index (Phi) is 14.1. The van der Waals surface area contributed by atoms with E-state index in [0.29, 0.717) is 0 Å². The van der Waals surface area contributed by atoms with Crippen LogP contribution in [0, 0.1) is 5.92 Å². The molecule has 0 aromatic rings. The number of aliphatic hydroxyl groups excluding tert-OH is 1. The summed E-state index contributed by atoms with van der Waals surface area (Å²) >= 11 is 0. The number of hydrogen-bond donors (Lipinski definition) is 2. The second kappa shape index (κ2) is 14.7. The summed E-state index contributed by atoms with van der Waals surface area (Å²) < 4.78 is 4.78. The molecule has 0 saturated carbocycles. The summed E-state index contributed by atoms with van der Waals surface area (Å²) in [7, 11) is 0. The molecule has 0 aliphatic carbocycles. The number of ether oxygens (including phenoxy) is 1. The fraction of sp³-hybridized carbons (Fsp3) is 0.842. The van der Waals surface area contributed by atoms with Gasteiger partial charge < -0.3 is 15.6 Å². The van der Waals surface area contributed by atoms with Crippen LogP contribution in [0.25, 0.3) is 0 Å². The first-order valence-corrected chi connectivity index (χ1v) is 9.26. The molecule has 0 heterocycles. The molecule has 136 valence electrons. The van der Waals surface area contributed by atoms with Gasteiger partial charge in [-0.05, 0) is 25.7 Å². The van der Waals surface area contributed by atoms with Crippen LogP contribution >= 0.6 is 0 Å². The van der Waals surface area contributed by atoms with Crippen molar-refractivity contribution in [2.75, 3.05) is 6.61 Å². The normalized spacial score (nSPS) is 14.3. The first-order chi connectivity index (χ1) is 11.0. The minimum absolute atomic E-state index is 0.278. The second-order valence-corrected chi connectivity index (χ2v) is 6.64. The SMILES string of the molecule is CCOC(=O)[C@H](N)[C@H](O)/C=C/CCCCCCCCCC(C)C. The van der Waals surface area contributed by atoms with Crippen molar-refractivity contribution in [1.29, 1.82) is 0 Å². The first kappa shape index (κ1) is 22.1. The molecule has 2 atom stereocenters. The van der Waals surface area contributed by atoms with Gasteiger partial charge in [-0.15, -0.1) is 0 Å². The fourth-order valence-electron chi connectivity index (χ4n) is 2.43. The summed E-state index contributed by atoms with van der Waals surface area (Å²) in [5.74, 6) is 0.274. The number of rotatable bonds is 14. The van der Waals surface area contributed by atoms with Gasteiger partial charge in [-0.25, -0.2) is 0 Å². The fourth-order valence-corrected chi connectivity index (χ4v) is 2.43. The van der Waals surface area contributed by atoms with Gasteiger partial charge in [0.05, 0.1) is 12.7 Å². The zero-order valence-corrected chi connectivity index (χ0v) is 15.3. The van der Waals surface area contributed by atoms with Crippen molar-refractivity contribution < 1.29 is 14.6 Å². The molecular formula is C19H37NO3. The number of aliphatic hydroxyl groups is 1. The molecule has 0 aliphatic heterocycles. The van der Waals surface area contributed by atoms with Crippen molar-refractivity contribution in [2.45, 2.75) is 90.7 Å². The number of allylic oxidation sites excluding steroid dienone is 1. The largest absolute Gasteiger partial charge is 0.465 e. The van der Waals surface area contributed by atoms with Crippen molar-refractivity contribution >= 4 is 5.97 Å². The zero-order valence-electron chi connectivity index (χ0n) is 15.3. The van der Waals surface area contributed by atoms with E-state index in [1.54, 1.807) is 13.0 Å². The van der Waals surface area contributed by atoms with Crippen molar-refractivity contribution in [3.05, 3.63) is 12.2 Å². The summed E-state index contributed by atoms with van der Waals surface area (Å²) in [4.78, 5) is 11.4. The molecule has 0 aromatic carbocycles. The molecule has 0 spiro atoms. The Bertz CT molecular complexity index is 316. The molecule has 0 fully saturated rings. The van der Waals surface area contributed by atoms with Crippen molar-refractivity contribution in [3.63, 3.8) is 0 Å². The molecule has 0 amide bonds. The molecule has 0 aliphatic rings. The van der Waals surface area contributed by atoms with Crippen LogP contribution in [-0.2, 0) is 9.53 Å². The third-order valence-corrected chi connectivity index (χ3v) is 3.91. The van der Waals surface area contributed by atoms with Gasteiger partial charge in [-0.1, -0.05) is 70.9 Å². The highest BCUT2D eigenvalue weighted by Crippen LogP contribution is 2.12. The summed E-state index contributed by atoms with van der Waals surface area (Å²) in [5, 5.41) is 9.76. The van der Waals surface area contributed by atoms with Crippen LogP contribution in [0.4, 0.5) is 0 Å². The second-order valence-electron chi connectivity index (χ2n) is 6.64. The van der Waals surface area contributed by atoms with Gasteiger partial charge in [0.25, 0.3) is 0 Å². The van der Waals surface area contributed by atoms with Gasteiger partial charge in [0, 0.05) is 0 Å². The summed E-state index contributed by atoms with van der Waals surface area (Å²) in [5.41, 5.74) is 5.61. The molecule has 4 heteroatoms. The van der Waals surface area contributed by atoms with Crippen molar-refractivity contribution in [2.24, 2.45) is 11.7 Å². The summed E-state index contributed by atoms with van der Waals surface area (Å²) in [6.07, 6.45) is 13.8. The van der Waals surface area contributed by atoms with E-state index in [-0.39, 0.29) is 6.61 Å². The predicted molar refractivity (Wildman–Crippen MR) is 96.1 cm³/mol. The Labute approximate surface area is 142 Å². The molecule has 0 unspecified atom stereocenters. The first-order valence-electron chi connectivity index (χ1n) is 9.26. The lowest BCUT2D eigenvalue weighted by atomic mass is 10.0. The topological polar surface area (TPSA) is 72.5 Å². The Morgan fingerprint density at radius 3 is 2.22 bits per heavy atom. The monoisotopic (exact) mass is 327 g/mol. The molecule has 4 nitrogen and oxygen atoms in total. The van der Waals surface area contributed by atoms with Crippen LogP contribution in [0.2, 0.25) is 0 Å². The van der Waals surface area contributed by atoms with E-state index in [9.17, 15) is 9.90 Å². The summed E-state index contributed by atoms with van der Waals surface area (Å²) in [6.45, 7) is 6.56. The Hall–Kier alpha value is -0.870. The van der Waals surface area contributed by atoms with E-state index in [2.05, 4.69) is 13.8 Å². The van der Waals surface area contributed by atoms with E-state index in [1.807, 2.05) is 6.08 Å². The third-order valence-electron chi connectivity index (χ3n) is 3.91. The maximum atomic E-state index is 11.4. The molecular weight excluding hydrogens is 290 g/mol. The molecule has 23 heavy (non-hydrogen) atoms. The molecule has 0 aromatic heterocycles. The Morgan fingerprint density at radius 2 is 1.65 bits per heavy atom. The van der Waals surface area contributed by atoms with Gasteiger partial charge in [0.2, 0.25) is 0 Å². The van der Waals surface area contributed by atoms with Crippen LogP contribution in [-0.4, -0.2) is 29.8 Å². The Balaban J connectivity index is 3.51. The van der Waals surface area contributed by atoms with Gasteiger partial charge in [0.1, 0.15) is 6.04 Å². The zero-order chi connectivity index (χ0) is 17.5. The molecule has 0 saturated heterocycles. The average molecular weight is 328 g/mol. The highest BCUT2D eigenvalue weighted by atomic mass is 16.5. The Morgan fingerprint density at radius 1 is 1.09 bits per heavy atom. The highest BCUT2D eigenvalue weighted by molar-refractivity contribution is 5.76. The van der Waals surface area contributed by atoms with Crippen LogP contribution in [0.1, 0.15) is 78.6 Å². The maximum absolute atomic E-state index is 11.4. The van der Waals surface area contributed by atoms with Gasteiger partial charge in [-0.2, -0.15) is 0 Å². The number of hydrogen-bond acceptors (Lipinski definition) is 4. The minimum Gasteiger partial charge on any atom is -0.465 e. The van der Waals surface area contributed by atoms with Crippen molar-refractivity contribution in [1.82, 2.24) is 0 Å². The van der Waals surface area contributed by atoms with Gasteiger partial charge >= 0.3 is 5.97 Å². The van der Waals surface area contributed by atoms with E-state index in [4.69, 9.17) is 10.5 Å². The maximum Gasteiger partial charge on any atom is 0.325 e. The van der Waals surface area contributed by atoms with Gasteiger partial charge in [0.15, 0.2) is 0 Å². The lowest BCUT2D eigenvalue weighted by Gasteiger charge is -2.13. The van der Waals surface area contributed by atoms with Crippen LogP contribution < -0.4 is 5.73 Å². The number of carbonyl (C=O) groups is 1. The number of esters is 1. The molecule has 3 N–H and O–H groups in total. The molecule has 0 bridgehead atoms. The lowest BCUT2D eigenvalue weighted by molar-refractivity contribution is -0.146. The van der Waals surface area contributed by atoms with Crippen molar-refractivity contribution in [3.8, 4) is 0 Å². The standard InChI is InChI=1S/C19H37NO3/c1-4-23-19(22)18(20)17(21)15-13-11-9-7-5-6-8-10-12-14-16(2)3/h13,15-18,21H,4-12,14,20H2,1-3H3/b15-13+/t17-,18-/m1/s1. The average Bonchev–Trinajstić information content (AvgIpc) is 2.51. The van der Waals surface area contributed by atoms with E-state index in [1.165, 1.54) is 44.9 Å². The summed E-state index contributed by atoms with van der Waals surface area (Å²) in [6, 6.07) is -0.989. The van der Waals surface area contributed by atoms with Gasteiger partial charge in [-0.3, -0.25) is 4.79 Å². The van der Waals surface area contributed by atoms with Crippen LogP contribution in [0.3, 0.4) is 0 Å². The number of carbonyl (C=O) groups excluding carboxylic acids is 1. The van der Waals surface area contributed by atoms with Crippen LogP contribution in [0.15, 0.2) is 12.2 Å². The highest BCUT2D eigenvalue weighted by Gasteiger charge is 2.21. The number of nitrogens with two attached hydrogens (primary N) is 1. The van der Waals surface area contributed by atoms with Crippen LogP contribution in [0.5, 0.6) is 0 Å². The predicted octanol–water partition coefficient (Wildman–Crippen LogP) is 3.96. The number of unbranched alkanes of at least 4 members (excludes halogenated alkanes) is 7. The van der Waals surface area contributed by atoms with E-state index in [0.717, 1.165) is 18.8 Å². The lowest BCUT2D eigenvalue weighted by Crippen LogP contribution is -2.42.